The number of aromatic nitrogens is 3. The topological polar surface area (TPSA) is 56.2 Å². The number of hydrogen-bond acceptors (Lipinski definition) is 4. The summed E-state index contributed by atoms with van der Waals surface area (Å²) in [6, 6.07) is 8.42. The van der Waals surface area contributed by atoms with Gasteiger partial charge >= 0.3 is 0 Å². The van der Waals surface area contributed by atoms with Crippen LogP contribution in [-0.2, 0) is 6.54 Å². The summed E-state index contributed by atoms with van der Waals surface area (Å²) in [5.41, 5.74) is 9.19. The standard InChI is InChI=1S/C12H12N4S/c1-8-2-4-9(5-3-8)10-7-17-12-15-14-11(6-13)16(10)12/h2-5,7H,6,13H2,1H3. The average Bonchev–Trinajstić information content (AvgIpc) is 2.91. The third kappa shape index (κ3) is 1.64. The Bertz CT molecular complexity index is 651. The average molecular weight is 244 g/mol. The first-order valence-electron chi connectivity index (χ1n) is 5.38. The van der Waals surface area contributed by atoms with Crippen molar-refractivity contribution in [3.63, 3.8) is 0 Å². The Hall–Kier alpha value is -1.72. The molecule has 2 heterocycles. The van der Waals surface area contributed by atoms with Gasteiger partial charge in [-0.1, -0.05) is 29.8 Å². The number of rotatable bonds is 2. The van der Waals surface area contributed by atoms with Crippen LogP contribution < -0.4 is 5.73 Å². The summed E-state index contributed by atoms with van der Waals surface area (Å²) >= 11 is 1.58. The molecule has 0 radical (unpaired) electrons. The van der Waals surface area contributed by atoms with Crippen molar-refractivity contribution in [1.82, 2.24) is 14.6 Å². The zero-order valence-electron chi connectivity index (χ0n) is 9.42. The van der Waals surface area contributed by atoms with Crippen LogP contribution in [0.4, 0.5) is 0 Å². The highest BCUT2D eigenvalue weighted by Crippen LogP contribution is 2.26. The van der Waals surface area contributed by atoms with Gasteiger partial charge in [-0.25, -0.2) is 0 Å². The Morgan fingerprint density at radius 2 is 2.00 bits per heavy atom. The first kappa shape index (κ1) is 10.4. The molecular weight excluding hydrogens is 232 g/mol. The molecule has 0 aliphatic carbocycles. The monoisotopic (exact) mass is 244 g/mol. The Labute approximate surface area is 103 Å². The quantitative estimate of drug-likeness (QED) is 0.752. The van der Waals surface area contributed by atoms with Crippen LogP contribution >= 0.6 is 11.3 Å². The van der Waals surface area contributed by atoms with Crippen LogP contribution in [0, 0.1) is 6.92 Å². The summed E-state index contributed by atoms with van der Waals surface area (Å²) in [6.45, 7) is 2.48. The van der Waals surface area contributed by atoms with Gasteiger partial charge in [0.15, 0.2) is 5.82 Å². The van der Waals surface area contributed by atoms with Gasteiger partial charge in [-0.2, -0.15) is 0 Å². The second-order valence-corrected chi connectivity index (χ2v) is 4.76. The van der Waals surface area contributed by atoms with Crippen LogP contribution in [0.15, 0.2) is 29.6 Å². The minimum atomic E-state index is 0.400. The molecule has 2 N–H and O–H groups in total. The number of hydrogen-bond donors (Lipinski definition) is 1. The summed E-state index contributed by atoms with van der Waals surface area (Å²) in [4.78, 5) is 0.890. The summed E-state index contributed by atoms with van der Waals surface area (Å²) in [7, 11) is 0. The molecule has 1 aromatic carbocycles. The van der Waals surface area contributed by atoms with Gasteiger partial charge in [0.05, 0.1) is 12.2 Å². The molecule has 0 saturated carbocycles. The molecule has 0 atom stereocenters. The SMILES string of the molecule is Cc1ccc(-c2csc3nnc(CN)n23)cc1. The third-order valence-electron chi connectivity index (χ3n) is 2.75. The van der Waals surface area contributed by atoms with E-state index in [1.165, 1.54) is 5.56 Å². The molecule has 17 heavy (non-hydrogen) atoms. The van der Waals surface area contributed by atoms with Crippen molar-refractivity contribution in [1.29, 1.82) is 0 Å². The lowest BCUT2D eigenvalue weighted by Crippen LogP contribution is -2.02. The van der Waals surface area contributed by atoms with Crippen molar-refractivity contribution in [3.8, 4) is 11.3 Å². The summed E-state index contributed by atoms with van der Waals surface area (Å²) in [5.74, 6) is 0.803. The molecule has 0 aliphatic heterocycles. The highest BCUT2D eigenvalue weighted by Gasteiger charge is 2.11. The molecule has 0 fully saturated rings. The van der Waals surface area contributed by atoms with E-state index in [1.807, 2.05) is 4.40 Å². The molecule has 4 nitrogen and oxygen atoms in total. The predicted octanol–water partition coefficient (Wildman–Crippen LogP) is 2.22. The van der Waals surface area contributed by atoms with Gasteiger partial charge in [-0.3, -0.25) is 4.40 Å². The zero-order valence-corrected chi connectivity index (χ0v) is 10.2. The first-order valence-corrected chi connectivity index (χ1v) is 6.26. The second kappa shape index (κ2) is 3.94. The van der Waals surface area contributed by atoms with Crippen LogP contribution in [0.5, 0.6) is 0 Å². The smallest absolute Gasteiger partial charge is 0.216 e. The first-order chi connectivity index (χ1) is 8.29. The van der Waals surface area contributed by atoms with Crippen molar-refractivity contribution in [2.24, 2.45) is 5.73 Å². The molecule has 5 heteroatoms. The largest absolute Gasteiger partial charge is 0.324 e. The second-order valence-electron chi connectivity index (χ2n) is 3.93. The minimum Gasteiger partial charge on any atom is -0.324 e. The third-order valence-corrected chi connectivity index (χ3v) is 3.56. The summed E-state index contributed by atoms with van der Waals surface area (Å²) in [5, 5.41) is 10.3. The fraction of sp³-hybridized carbons (Fsp3) is 0.167. The van der Waals surface area contributed by atoms with Crippen molar-refractivity contribution < 1.29 is 0 Å². The number of fused-ring (bicyclic) bond motifs is 1. The number of thiazole rings is 1. The minimum absolute atomic E-state index is 0.400. The number of aryl methyl sites for hydroxylation is 1. The lowest BCUT2D eigenvalue weighted by Gasteiger charge is -2.02. The van der Waals surface area contributed by atoms with Gasteiger partial charge in [0.1, 0.15) is 0 Å². The van der Waals surface area contributed by atoms with Crippen molar-refractivity contribution in [3.05, 3.63) is 41.0 Å². The maximum Gasteiger partial charge on any atom is 0.216 e. The molecule has 0 bridgehead atoms. The Balaban J connectivity index is 2.22. The highest BCUT2D eigenvalue weighted by molar-refractivity contribution is 7.15. The normalized spacial score (nSPS) is 11.2. The molecule has 3 rings (SSSR count). The van der Waals surface area contributed by atoms with Crippen LogP contribution in [0.2, 0.25) is 0 Å². The molecule has 0 unspecified atom stereocenters. The van der Waals surface area contributed by atoms with Crippen molar-refractivity contribution in [2.75, 3.05) is 0 Å². The van der Waals surface area contributed by atoms with E-state index in [-0.39, 0.29) is 0 Å². The number of benzene rings is 1. The fourth-order valence-electron chi connectivity index (χ4n) is 1.83. The Morgan fingerprint density at radius 1 is 1.24 bits per heavy atom. The van der Waals surface area contributed by atoms with Crippen molar-refractivity contribution >= 4 is 16.3 Å². The maximum atomic E-state index is 5.67. The molecule has 86 valence electrons. The van der Waals surface area contributed by atoms with E-state index < -0.39 is 0 Å². The van der Waals surface area contributed by atoms with E-state index in [4.69, 9.17) is 5.73 Å². The Morgan fingerprint density at radius 3 is 2.71 bits per heavy atom. The van der Waals surface area contributed by atoms with E-state index in [1.54, 1.807) is 11.3 Å². The summed E-state index contributed by atoms with van der Waals surface area (Å²) < 4.78 is 2.02. The van der Waals surface area contributed by atoms with Gasteiger partial charge in [0.25, 0.3) is 0 Å². The van der Waals surface area contributed by atoms with E-state index in [9.17, 15) is 0 Å². The molecule has 2 aromatic heterocycles. The maximum absolute atomic E-state index is 5.67. The number of nitrogens with zero attached hydrogens (tertiary/aromatic N) is 3. The van der Waals surface area contributed by atoms with Crippen molar-refractivity contribution in [2.45, 2.75) is 13.5 Å². The number of nitrogens with two attached hydrogens (primary N) is 1. The van der Waals surface area contributed by atoms with Crippen LogP contribution in [0.25, 0.3) is 16.2 Å². The van der Waals surface area contributed by atoms with Gasteiger partial charge in [-0.15, -0.1) is 21.5 Å². The molecule has 0 spiro atoms. The van der Waals surface area contributed by atoms with Gasteiger partial charge in [-0.05, 0) is 12.5 Å². The summed E-state index contributed by atoms with van der Waals surface area (Å²) in [6.07, 6.45) is 0. The molecule has 3 aromatic rings. The van der Waals surface area contributed by atoms with Crippen LogP contribution in [0.1, 0.15) is 11.4 Å². The molecule has 0 saturated heterocycles. The lowest BCUT2D eigenvalue weighted by molar-refractivity contribution is 0.887. The van der Waals surface area contributed by atoms with Crippen LogP contribution in [0.3, 0.4) is 0 Å². The molecular formula is C12H12N4S. The zero-order chi connectivity index (χ0) is 11.8. The Kier molecular flexibility index (Phi) is 2.42. The molecule has 0 amide bonds. The fourth-order valence-corrected chi connectivity index (χ4v) is 2.69. The highest BCUT2D eigenvalue weighted by atomic mass is 32.1. The van der Waals surface area contributed by atoms with E-state index in [0.717, 1.165) is 22.0 Å². The van der Waals surface area contributed by atoms with Gasteiger partial charge < -0.3 is 5.73 Å². The van der Waals surface area contributed by atoms with E-state index in [0.29, 0.717) is 6.54 Å². The van der Waals surface area contributed by atoms with Gasteiger partial charge in [0.2, 0.25) is 4.96 Å². The van der Waals surface area contributed by atoms with E-state index >= 15 is 0 Å². The van der Waals surface area contributed by atoms with Gasteiger partial charge in [0, 0.05) is 5.38 Å². The van der Waals surface area contributed by atoms with Crippen LogP contribution in [-0.4, -0.2) is 14.6 Å². The molecule has 0 aliphatic rings. The predicted molar refractivity (Wildman–Crippen MR) is 68.9 cm³/mol. The van der Waals surface area contributed by atoms with E-state index in [2.05, 4.69) is 46.8 Å². The lowest BCUT2D eigenvalue weighted by atomic mass is 10.1.